The van der Waals surface area contributed by atoms with Gasteiger partial charge < -0.3 is 20.1 Å². The summed E-state index contributed by atoms with van der Waals surface area (Å²) in [6.45, 7) is 3.92. The van der Waals surface area contributed by atoms with Gasteiger partial charge in [-0.1, -0.05) is 30.3 Å². The van der Waals surface area contributed by atoms with Crippen LogP contribution in [0, 0.1) is 24.0 Å². The average Bonchev–Trinajstić information content (AvgIpc) is 3.05. The summed E-state index contributed by atoms with van der Waals surface area (Å²) in [6, 6.07) is 7.44. The van der Waals surface area contributed by atoms with Gasteiger partial charge in [-0.2, -0.15) is 5.10 Å². The lowest BCUT2D eigenvalue weighted by Crippen LogP contribution is -2.47. The van der Waals surface area contributed by atoms with Crippen molar-refractivity contribution < 1.29 is 28.8 Å². The van der Waals surface area contributed by atoms with E-state index in [9.17, 15) is 24.5 Å². The lowest BCUT2D eigenvalue weighted by molar-refractivity contribution is -0.386. The molecule has 1 aliphatic heterocycles. The Hall–Kier alpha value is -4.22. The number of rotatable bonds is 8. The molecule has 1 aromatic carbocycles. The molecule has 0 aliphatic carbocycles. The zero-order chi connectivity index (χ0) is 24.1. The number of ether oxygens (including phenoxy) is 2. The molecule has 1 atom stereocenters. The van der Waals surface area contributed by atoms with Gasteiger partial charge >= 0.3 is 23.7 Å². The van der Waals surface area contributed by atoms with Crippen molar-refractivity contribution in [3.05, 3.63) is 68.7 Å². The van der Waals surface area contributed by atoms with Crippen LogP contribution in [-0.4, -0.2) is 45.9 Å². The number of hydrogen-bond acceptors (Lipinski definition) is 8. The first-order valence-electron chi connectivity index (χ1n) is 10.1. The van der Waals surface area contributed by atoms with Gasteiger partial charge in [0.05, 0.1) is 28.8 Å². The Morgan fingerprint density at radius 1 is 1.21 bits per heavy atom. The van der Waals surface area contributed by atoms with Crippen LogP contribution in [0.25, 0.3) is 0 Å². The third kappa shape index (κ3) is 5.17. The van der Waals surface area contributed by atoms with Crippen LogP contribution in [0.5, 0.6) is 0 Å². The predicted octanol–water partition coefficient (Wildman–Crippen LogP) is 1.82. The lowest BCUT2D eigenvalue weighted by Gasteiger charge is -2.29. The molecule has 2 N–H and O–H groups in total. The molecular formula is C21H23N5O7. The van der Waals surface area contributed by atoms with Crippen molar-refractivity contribution in [1.82, 2.24) is 20.4 Å². The van der Waals surface area contributed by atoms with Crippen LogP contribution in [0.3, 0.4) is 0 Å². The molecule has 0 saturated heterocycles. The Kier molecular flexibility index (Phi) is 7.06. The fourth-order valence-corrected chi connectivity index (χ4v) is 3.50. The van der Waals surface area contributed by atoms with Crippen LogP contribution in [0.4, 0.5) is 10.5 Å². The highest BCUT2D eigenvalue weighted by Crippen LogP contribution is 2.28. The number of esters is 2. The maximum absolute atomic E-state index is 12.7. The fourth-order valence-electron chi connectivity index (χ4n) is 3.50. The quantitative estimate of drug-likeness (QED) is 0.346. The fraction of sp³-hybridized carbons (Fsp3) is 0.333. The van der Waals surface area contributed by atoms with Crippen LogP contribution >= 0.6 is 0 Å². The maximum atomic E-state index is 12.7. The molecule has 1 aliphatic rings. The SMILES string of the molecule is CCOC(=O)C1=C(COC(=O)Cn2nc(C)c([N+](=O)[O-])c2C)NC(=O)N[C@H]1c1ccccc1. The number of nitrogens with one attached hydrogen (secondary N) is 2. The van der Waals surface area contributed by atoms with Crippen molar-refractivity contribution in [3.63, 3.8) is 0 Å². The summed E-state index contributed by atoms with van der Waals surface area (Å²) in [6.07, 6.45) is 0. The van der Waals surface area contributed by atoms with Gasteiger partial charge in [0.25, 0.3) is 0 Å². The molecule has 1 aromatic heterocycles. The average molecular weight is 457 g/mol. The molecule has 12 nitrogen and oxygen atoms in total. The summed E-state index contributed by atoms with van der Waals surface area (Å²) in [4.78, 5) is 47.9. The highest BCUT2D eigenvalue weighted by molar-refractivity contribution is 5.95. The van der Waals surface area contributed by atoms with E-state index in [4.69, 9.17) is 9.47 Å². The van der Waals surface area contributed by atoms with Gasteiger partial charge in [0.2, 0.25) is 0 Å². The molecule has 0 unspecified atom stereocenters. The van der Waals surface area contributed by atoms with Crippen molar-refractivity contribution >= 4 is 23.7 Å². The van der Waals surface area contributed by atoms with E-state index in [0.29, 0.717) is 5.56 Å². The van der Waals surface area contributed by atoms with E-state index in [0.717, 1.165) is 0 Å². The van der Waals surface area contributed by atoms with Crippen LogP contribution in [0.15, 0.2) is 41.6 Å². The van der Waals surface area contributed by atoms with Gasteiger partial charge in [-0.25, -0.2) is 9.59 Å². The second-order valence-corrected chi connectivity index (χ2v) is 7.15. The van der Waals surface area contributed by atoms with Gasteiger partial charge in [0.15, 0.2) is 0 Å². The maximum Gasteiger partial charge on any atom is 0.338 e. The number of benzene rings is 1. The number of hydrogen-bond donors (Lipinski definition) is 2. The summed E-state index contributed by atoms with van der Waals surface area (Å²) in [7, 11) is 0. The molecule has 0 spiro atoms. The Balaban J connectivity index is 1.83. The second kappa shape index (κ2) is 9.94. The molecule has 0 saturated carbocycles. The minimum atomic E-state index is -0.800. The molecule has 0 radical (unpaired) electrons. The first-order valence-corrected chi connectivity index (χ1v) is 10.1. The smallest absolute Gasteiger partial charge is 0.338 e. The molecule has 3 rings (SSSR count). The third-order valence-electron chi connectivity index (χ3n) is 4.96. The normalized spacial score (nSPS) is 15.5. The minimum absolute atomic E-state index is 0.0822. The minimum Gasteiger partial charge on any atom is -0.463 e. The Bertz CT molecular complexity index is 1120. The van der Waals surface area contributed by atoms with Gasteiger partial charge in [-0.15, -0.1) is 0 Å². The summed E-state index contributed by atoms with van der Waals surface area (Å²) in [5, 5.41) is 20.3. The molecule has 0 fully saturated rings. The van der Waals surface area contributed by atoms with Crippen LogP contribution in [0.2, 0.25) is 0 Å². The monoisotopic (exact) mass is 457 g/mol. The van der Waals surface area contributed by atoms with Crippen LogP contribution in [0.1, 0.15) is 29.9 Å². The van der Waals surface area contributed by atoms with E-state index in [-0.39, 0.29) is 41.5 Å². The molecule has 174 valence electrons. The number of aryl methyl sites for hydroxylation is 1. The van der Waals surface area contributed by atoms with E-state index in [1.807, 2.05) is 0 Å². The number of nitro groups is 1. The highest BCUT2D eigenvalue weighted by atomic mass is 16.6. The molecule has 33 heavy (non-hydrogen) atoms. The van der Waals surface area contributed by atoms with Crippen molar-refractivity contribution in [3.8, 4) is 0 Å². The zero-order valence-corrected chi connectivity index (χ0v) is 18.3. The van der Waals surface area contributed by atoms with E-state index in [1.165, 1.54) is 18.5 Å². The van der Waals surface area contributed by atoms with Crippen molar-refractivity contribution in [1.29, 1.82) is 0 Å². The number of urea groups is 1. The van der Waals surface area contributed by atoms with Crippen molar-refractivity contribution in [2.75, 3.05) is 13.2 Å². The number of carbonyl (C=O) groups excluding carboxylic acids is 3. The zero-order valence-electron chi connectivity index (χ0n) is 18.3. The third-order valence-corrected chi connectivity index (χ3v) is 4.96. The van der Waals surface area contributed by atoms with E-state index >= 15 is 0 Å². The molecule has 2 amide bonds. The molecule has 12 heteroatoms. The predicted molar refractivity (Wildman–Crippen MR) is 114 cm³/mol. The largest absolute Gasteiger partial charge is 0.463 e. The standard InChI is InChI=1S/C21H23N5O7/c1-4-32-20(28)17-15(22-21(29)23-18(17)14-8-6-5-7-9-14)11-33-16(27)10-25-13(3)19(26(30)31)12(2)24-25/h5-9,18H,4,10-11H2,1-3H3,(H2,22,23,29)/t18-/m0/s1. The first-order chi connectivity index (χ1) is 15.7. The topological polar surface area (TPSA) is 155 Å². The molecule has 0 bridgehead atoms. The Morgan fingerprint density at radius 2 is 1.91 bits per heavy atom. The number of nitrogens with zero attached hydrogens (tertiary/aromatic N) is 3. The van der Waals surface area contributed by atoms with Crippen molar-refractivity contribution in [2.24, 2.45) is 0 Å². The Labute approximate surface area is 188 Å². The van der Waals surface area contributed by atoms with Crippen LogP contribution in [-0.2, 0) is 25.6 Å². The van der Waals surface area contributed by atoms with E-state index < -0.39 is 35.5 Å². The highest BCUT2D eigenvalue weighted by Gasteiger charge is 2.34. The van der Waals surface area contributed by atoms with Crippen molar-refractivity contribution in [2.45, 2.75) is 33.4 Å². The molecule has 2 heterocycles. The van der Waals surface area contributed by atoms with E-state index in [1.54, 1.807) is 37.3 Å². The summed E-state index contributed by atoms with van der Waals surface area (Å²) in [5.74, 6) is -1.42. The van der Waals surface area contributed by atoms with Gasteiger partial charge in [0.1, 0.15) is 24.5 Å². The number of amides is 2. The Morgan fingerprint density at radius 3 is 2.52 bits per heavy atom. The summed E-state index contributed by atoms with van der Waals surface area (Å²) in [5.41, 5.74) is 1.05. The molecular weight excluding hydrogens is 434 g/mol. The van der Waals surface area contributed by atoms with Gasteiger partial charge in [0, 0.05) is 0 Å². The second-order valence-electron chi connectivity index (χ2n) is 7.15. The summed E-state index contributed by atoms with van der Waals surface area (Å²) < 4.78 is 11.6. The lowest BCUT2D eigenvalue weighted by atomic mass is 9.95. The first kappa shape index (κ1) is 23.4. The summed E-state index contributed by atoms with van der Waals surface area (Å²) >= 11 is 0. The van der Waals surface area contributed by atoms with Crippen LogP contribution < -0.4 is 10.6 Å². The van der Waals surface area contributed by atoms with E-state index in [2.05, 4.69) is 15.7 Å². The number of carbonyl (C=O) groups is 3. The van der Waals surface area contributed by atoms with Gasteiger partial charge in [-0.05, 0) is 26.3 Å². The number of aromatic nitrogens is 2. The van der Waals surface area contributed by atoms with Gasteiger partial charge in [-0.3, -0.25) is 19.6 Å². The molecule has 2 aromatic rings.